The lowest BCUT2D eigenvalue weighted by atomic mass is 10.1. The summed E-state index contributed by atoms with van der Waals surface area (Å²) in [6.07, 6.45) is 0.604. The smallest absolute Gasteiger partial charge is 0.265 e. The molecule has 33 heavy (non-hydrogen) atoms. The molecule has 2 aromatic carbocycles. The van der Waals surface area contributed by atoms with Crippen LogP contribution in [0.25, 0.3) is 0 Å². The van der Waals surface area contributed by atoms with Crippen molar-refractivity contribution < 1.29 is 28.5 Å². The van der Waals surface area contributed by atoms with Crippen LogP contribution in [-0.4, -0.2) is 45.8 Å². The monoisotopic (exact) mass is 468 g/mol. The van der Waals surface area contributed by atoms with Gasteiger partial charge in [-0.25, -0.2) is 0 Å². The lowest BCUT2D eigenvalue weighted by Crippen LogP contribution is -2.27. The summed E-state index contributed by atoms with van der Waals surface area (Å²) in [6, 6.07) is 12.4. The number of thiophene rings is 1. The van der Waals surface area contributed by atoms with E-state index in [1.54, 1.807) is 24.3 Å². The molecule has 8 nitrogen and oxygen atoms in total. The molecule has 2 heterocycles. The molecule has 0 radical (unpaired) electrons. The Balaban J connectivity index is 1.48. The van der Waals surface area contributed by atoms with Crippen molar-refractivity contribution in [3.63, 3.8) is 0 Å². The van der Waals surface area contributed by atoms with Gasteiger partial charge < -0.3 is 29.6 Å². The Hall–Kier alpha value is -3.72. The zero-order valence-electron chi connectivity index (χ0n) is 18.3. The Kier molecular flexibility index (Phi) is 6.99. The number of carbonyl (C=O) groups is 2. The lowest BCUT2D eigenvalue weighted by Gasteiger charge is -2.19. The normalized spacial score (nSPS) is 12.1. The maximum absolute atomic E-state index is 13.0. The van der Waals surface area contributed by atoms with E-state index in [1.165, 1.54) is 25.6 Å². The predicted molar refractivity (Wildman–Crippen MR) is 125 cm³/mol. The lowest BCUT2D eigenvalue weighted by molar-refractivity contribution is 0.0954. The molecule has 3 aromatic rings. The molecule has 172 valence electrons. The standard InChI is InChI=1S/C24H24N2O6S/c1-29-19-13-16(17(14-20(19)30-2)26-24(28)22-4-3-11-33-22)23(27)25-8-7-15-5-6-18-21(12-15)32-10-9-31-18/h3-6,11-14H,7-10H2,1-2H3,(H,25,27)(H,26,28). The Bertz CT molecular complexity index is 1150. The number of benzene rings is 2. The molecule has 1 aromatic heterocycles. The molecule has 0 atom stereocenters. The molecular formula is C24H24N2O6S. The number of fused-ring (bicyclic) bond motifs is 1. The van der Waals surface area contributed by atoms with Crippen molar-refractivity contribution in [2.45, 2.75) is 6.42 Å². The highest BCUT2D eigenvalue weighted by atomic mass is 32.1. The van der Waals surface area contributed by atoms with Gasteiger partial charge in [-0.05, 0) is 41.6 Å². The number of ether oxygens (including phenoxy) is 4. The van der Waals surface area contributed by atoms with Crippen molar-refractivity contribution in [3.05, 3.63) is 63.8 Å². The fourth-order valence-corrected chi connectivity index (χ4v) is 4.04. The van der Waals surface area contributed by atoms with Crippen LogP contribution in [0.4, 0.5) is 5.69 Å². The van der Waals surface area contributed by atoms with E-state index in [1.807, 2.05) is 23.6 Å². The van der Waals surface area contributed by atoms with Gasteiger partial charge in [0.1, 0.15) is 13.2 Å². The molecule has 0 bridgehead atoms. The van der Waals surface area contributed by atoms with Crippen LogP contribution in [0.15, 0.2) is 47.8 Å². The summed E-state index contributed by atoms with van der Waals surface area (Å²) in [5, 5.41) is 7.53. The number of hydrogen-bond acceptors (Lipinski definition) is 7. The summed E-state index contributed by atoms with van der Waals surface area (Å²) in [5.41, 5.74) is 1.63. The highest BCUT2D eigenvalue weighted by Crippen LogP contribution is 2.34. The third-order valence-corrected chi connectivity index (χ3v) is 5.94. The Morgan fingerprint density at radius 2 is 1.73 bits per heavy atom. The summed E-state index contributed by atoms with van der Waals surface area (Å²) in [7, 11) is 2.99. The minimum Gasteiger partial charge on any atom is -0.493 e. The molecule has 2 amide bonds. The first-order valence-electron chi connectivity index (χ1n) is 10.4. The highest BCUT2D eigenvalue weighted by molar-refractivity contribution is 7.12. The molecule has 0 aliphatic carbocycles. The van der Waals surface area contributed by atoms with Crippen LogP contribution >= 0.6 is 11.3 Å². The van der Waals surface area contributed by atoms with Crippen molar-refractivity contribution in [2.24, 2.45) is 0 Å². The van der Waals surface area contributed by atoms with E-state index < -0.39 is 0 Å². The van der Waals surface area contributed by atoms with E-state index >= 15 is 0 Å². The first-order valence-corrected chi connectivity index (χ1v) is 11.2. The van der Waals surface area contributed by atoms with Crippen molar-refractivity contribution in [1.82, 2.24) is 5.32 Å². The first kappa shape index (κ1) is 22.5. The highest BCUT2D eigenvalue weighted by Gasteiger charge is 2.20. The second-order valence-electron chi connectivity index (χ2n) is 7.17. The van der Waals surface area contributed by atoms with Crippen LogP contribution in [0.1, 0.15) is 25.6 Å². The molecular weight excluding hydrogens is 444 g/mol. The van der Waals surface area contributed by atoms with Gasteiger partial charge in [-0.1, -0.05) is 12.1 Å². The molecule has 4 rings (SSSR count). The van der Waals surface area contributed by atoms with Crippen LogP contribution in [0.2, 0.25) is 0 Å². The largest absolute Gasteiger partial charge is 0.493 e. The summed E-state index contributed by atoms with van der Waals surface area (Å²) in [6.45, 7) is 1.46. The minimum atomic E-state index is -0.338. The molecule has 0 saturated heterocycles. The van der Waals surface area contributed by atoms with Gasteiger partial charge in [-0.15, -0.1) is 11.3 Å². The van der Waals surface area contributed by atoms with Gasteiger partial charge in [0.05, 0.1) is 30.3 Å². The summed E-state index contributed by atoms with van der Waals surface area (Å²) in [5.74, 6) is 1.60. The summed E-state index contributed by atoms with van der Waals surface area (Å²) >= 11 is 1.32. The zero-order chi connectivity index (χ0) is 23.2. The van der Waals surface area contributed by atoms with Gasteiger partial charge in [-0.3, -0.25) is 9.59 Å². The van der Waals surface area contributed by atoms with Crippen LogP contribution in [0.3, 0.4) is 0 Å². The first-order chi connectivity index (χ1) is 16.1. The molecule has 1 aliphatic rings. The molecule has 0 unspecified atom stereocenters. The number of anilines is 1. The maximum Gasteiger partial charge on any atom is 0.265 e. The Morgan fingerprint density at radius 3 is 2.45 bits per heavy atom. The third-order valence-electron chi connectivity index (χ3n) is 5.07. The van der Waals surface area contributed by atoms with Crippen LogP contribution in [0, 0.1) is 0 Å². The van der Waals surface area contributed by atoms with E-state index in [-0.39, 0.29) is 17.4 Å². The van der Waals surface area contributed by atoms with Crippen molar-refractivity contribution >= 4 is 28.8 Å². The Morgan fingerprint density at radius 1 is 0.970 bits per heavy atom. The van der Waals surface area contributed by atoms with Gasteiger partial charge in [0.15, 0.2) is 23.0 Å². The molecule has 0 saturated carbocycles. The predicted octanol–water partition coefficient (Wildman–Crippen LogP) is 3.76. The van der Waals surface area contributed by atoms with Gasteiger partial charge in [0.25, 0.3) is 11.8 Å². The van der Waals surface area contributed by atoms with Gasteiger partial charge in [-0.2, -0.15) is 0 Å². The topological polar surface area (TPSA) is 95.1 Å². The number of nitrogens with one attached hydrogen (secondary N) is 2. The Labute approximate surface area is 195 Å². The average Bonchev–Trinajstić information content (AvgIpc) is 3.39. The number of carbonyl (C=O) groups excluding carboxylic acids is 2. The average molecular weight is 469 g/mol. The molecule has 2 N–H and O–H groups in total. The van der Waals surface area contributed by atoms with E-state index in [0.29, 0.717) is 54.0 Å². The van der Waals surface area contributed by atoms with Gasteiger partial charge in [0.2, 0.25) is 0 Å². The van der Waals surface area contributed by atoms with Crippen molar-refractivity contribution in [1.29, 1.82) is 0 Å². The van der Waals surface area contributed by atoms with Crippen LogP contribution < -0.4 is 29.6 Å². The van der Waals surface area contributed by atoms with Crippen molar-refractivity contribution in [2.75, 3.05) is 39.3 Å². The van der Waals surface area contributed by atoms with E-state index in [4.69, 9.17) is 18.9 Å². The fraction of sp³-hybridized carbons (Fsp3) is 0.250. The zero-order valence-corrected chi connectivity index (χ0v) is 19.1. The fourth-order valence-electron chi connectivity index (χ4n) is 3.42. The van der Waals surface area contributed by atoms with E-state index in [2.05, 4.69) is 10.6 Å². The van der Waals surface area contributed by atoms with E-state index in [0.717, 1.165) is 11.3 Å². The molecule has 0 fully saturated rings. The number of amides is 2. The number of hydrogen-bond donors (Lipinski definition) is 2. The number of methoxy groups -OCH3 is 2. The minimum absolute atomic E-state index is 0.278. The number of rotatable bonds is 8. The maximum atomic E-state index is 13.0. The van der Waals surface area contributed by atoms with Crippen molar-refractivity contribution in [3.8, 4) is 23.0 Å². The molecule has 9 heteroatoms. The molecule has 0 spiro atoms. The third kappa shape index (κ3) is 5.20. The summed E-state index contributed by atoms with van der Waals surface area (Å²) in [4.78, 5) is 26.2. The summed E-state index contributed by atoms with van der Waals surface area (Å²) < 4.78 is 21.8. The quantitative estimate of drug-likeness (QED) is 0.523. The molecule has 1 aliphatic heterocycles. The van der Waals surface area contributed by atoms with Crippen LogP contribution in [0.5, 0.6) is 23.0 Å². The van der Waals surface area contributed by atoms with E-state index in [9.17, 15) is 9.59 Å². The second-order valence-corrected chi connectivity index (χ2v) is 8.12. The SMILES string of the molecule is COc1cc(NC(=O)c2cccs2)c(C(=O)NCCc2ccc3c(c2)OCCO3)cc1OC. The second kappa shape index (κ2) is 10.3. The van der Waals surface area contributed by atoms with Gasteiger partial charge >= 0.3 is 0 Å². The van der Waals surface area contributed by atoms with Crippen LogP contribution in [-0.2, 0) is 6.42 Å². The van der Waals surface area contributed by atoms with Gasteiger partial charge in [0, 0.05) is 12.6 Å².